The van der Waals surface area contributed by atoms with Gasteiger partial charge in [-0.25, -0.2) is 8.42 Å². The first kappa shape index (κ1) is 20.3. The van der Waals surface area contributed by atoms with E-state index in [1.54, 1.807) is 24.3 Å². The summed E-state index contributed by atoms with van der Waals surface area (Å²) in [6, 6.07) is 16.3. The van der Waals surface area contributed by atoms with E-state index in [-0.39, 0.29) is 18.0 Å². The second-order valence-electron chi connectivity index (χ2n) is 6.98. The van der Waals surface area contributed by atoms with Crippen molar-refractivity contribution in [2.24, 2.45) is 0 Å². The Balaban J connectivity index is 1.88. The van der Waals surface area contributed by atoms with Crippen LogP contribution in [0.5, 0.6) is 0 Å². The number of nitrogens with zero attached hydrogens (tertiary/aromatic N) is 1. The monoisotopic (exact) mass is 395 g/mol. The average molecular weight is 396 g/mol. The zero-order chi connectivity index (χ0) is 20.0. The lowest BCUT2D eigenvalue weighted by atomic mass is 9.96. The van der Waals surface area contributed by atoms with Gasteiger partial charge in [-0.1, -0.05) is 53.8 Å². The Morgan fingerprint density at radius 2 is 1.82 bits per heavy atom. The van der Waals surface area contributed by atoms with Crippen LogP contribution in [0, 0.1) is 18.8 Å². The van der Waals surface area contributed by atoms with Gasteiger partial charge in [-0.15, -0.1) is 0 Å². The summed E-state index contributed by atoms with van der Waals surface area (Å²) in [6.07, 6.45) is 3.81. The van der Waals surface area contributed by atoms with E-state index in [0.717, 1.165) is 29.5 Å². The summed E-state index contributed by atoms with van der Waals surface area (Å²) < 4.78 is 27.8. The van der Waals surface area contributed by atoms with Crippen molar-refractivity contribution in [1.29, 1.82) is 0 Å². The van der Waals surface area contributed by atoms with Crippen molar-refractivity contribution in [2.45, 2.75) is 37.2 Å². The highest BCUT2D eigenvalue weighted by Crippen LogP contribution is 2.23. The largest absolute Gasteiger partial charge is 0.389 e. The standard InChI is InChI=1S/C23H25NO3S/c1-19-13-15-22(16-14-19)28(26,27)24(18-21-11-5-6-12-23(21)25)17-7-10-20-8-3-2-4-9-20/h2-4,8-9,11,13-16,23,25H,5-6,12,17-18H2,1H3. The minimum Gasteiger partial charge on any atom is -0.389 e. The number of allylic oxidation sites excluding steroid dienone is 1. The van der Waals surface area contributed by atoms with Crippen LogP contribution in [0.15, 0.2) is 71.1 Å². The maximum Gasteiger partial charge on any atom is 0.244 e. The summed E-state index contributed by atoms with van der Waals surface area (Å²) in [5.74, 6) is 6.00. The van der Waals surface area contributed by atoms with Crippen molar-refractivity contribution in [1.82, 2.24) is 4.31 Å². The molecule has 1 N–H and O–H groups in total. The minimum absolute atomic E-state index is 0.0646. The summed E-state index contributed by atoms with van der Waals surface area (Å²) in [7, 11) is -3.72. The Morgan fingerprint density at radius 3 is 2.50 bits per heavy atom. The first-order valence-electron chi connectivity index (χ1n) is 9.44. The zero-order valence-electron chi connectivity index (χ0n) is 16.0. The molecule has 0 spiro atoms. The second-order valence-corrected chi connectivity index (χ2v) is 8.92. The fourth-order valence-electron chi connectivity index (χ4n) is 3.13. The minimum atomic E-state index is -3.72. The van der Waals surface area contributed by atoms with Crippen molar-refractivity contribution >= 4 is 10.0 Å². The Labute approximate surface area is 167 Å². The quantitative estimate of drug-likeness (QED) is 0.623. The van der Waals surface area contributed by atoms with E-state index in [2.05, 4.69) is 11.8 Å². The van der Waals surface area contributed by atoms with Crippen LogP contribution in [0.3, 0.4) is 0 Å². The van der Waals surface area contributed by atoms with Crippen LogP contribution in [0.25, 0.3) is 0 Å². The first-order valence-corrected chi connectivity index (χ1v) is 10.9. The lowest BCUT2D eigenvalue weighted by Gasteiger charge is -2.26. The lowest BCUT2D eigenvalue weighted by molar-refractivity contribution is 0.184. The number of aliphatic hydroxyl groups is 1. The number of hydrogen-bond donors (Lipinski definition) is 1. The molecule has 3 rings (SSSR count). The number of aliphatic hydroxyl groups excluding tert-OH is 1. The highest BCUT2D eigenvalue weighted by molar-refractivity contribution is 7.89. The van der Waals surface area contributed by atoms with Gasteiger partial charge >= 0.3 is 0 Å². The van der Waals surface area contributed by atoms with Crippen LogP contribution in [-0.4, -0.2) is 37.0 Å². The molecule has 0 amide bonds. The number of hydrogen-bond acceptors (Lipinski definition) is 3. The van der Waals surface area contributed by atoms with Crippen LogP contribution >= 0.6 is 0 Å². The number of sulfonamides is 1. The molecule has 1 atom stereocenters. The normalized spacial score (nSPS) is 17.0. The van der Waals surface area contributed by atoms with E-state index >= 15 is 0 Å². The molecule has 5 heteroatoms. The van der Waals surface area contributed by atoms with E-state index in [0.29, 0.717) is 6.42 Å². The zero-order valence-corrected chi connectivity index (χ0v) is 16.8. The molecule has 0 radical (unpaired) electrons. The third kappa shape index (κ3) is 5.11. The molecule has 1 aliphatic rings. The number of rotatable bonds is 5. The molecule has 0 aliphatic heterocycles. The van der Waals surface area contributed by atoms with Crippen molar-refractivity contribution in [3.63, 3.8) is 0 Å². The third-order valence-corrected chi connectivity index (χ3v) is 6.60. The topological polar surface area (TPSA) is 57.6 Å². The molecule has 2 aromatic carbocycles. The molecule has 0 aromatic heterocycles. The van der Waals surface area contributed by atoms with Gasteiger partial charge in [0.25, 0.3) is 0 Å². The van der Waals surface area contributed by atoms with Gasteiger partial charge in [-0.3, -0.25) is 0 Å². The van der Waals surface area contributed by atoms with Crippen LogP contribution in [0.1, 0.15) is 30.4 Å². The van der Waals surface area contributed by atoms with Gasteiger partial charge in [0.05, 0.1) is 17.5 Å². The van der Waals surface area contributed by atoms with E-state index in [4.69, 9.17) is 0 Å². The van der Waals surface area contributed by atoms with Gasteiger partial charge in [0.2, 0.25) is 10.0 Å². The molecule has 0 saturated carbocycles. The predicted octanol–water partition coefficient (Wildman–Crippen LogP) is 3.51. The number of benzene rings is 2. The van der Waals surface area contributed by atoms with Gasteiger partial charge in [0.15, 0.2) is 0 Å². The summed E-state index contributed by atoms with van der Waals surface area (Å²) in [6.45, 7) is 2.14. The third-order valence-electron chi connectivity index (χ3n) is 4.80. The molecule has 28 heavy (non-hydrogen) atoms. The highest BCUT2D eigenvalue weighted by Gasteiger charge is 2.27. The summed E-state index contributed by atoms with van der Waals surface area (Å²) in [4.78, 5) is 0.241. The Morgan fingerprint density at radius 1 is 1.11 bits per heavy atom. The fraction of sp³-hybridized carbons (Fsp3) is 0.304. The fourth-order valence-corrected chi connectivity index (χ4v) is 4.46. The molecule has 0 heterocycles. The van der Waals surface area contributed by atoms with E-state index in [1.807, 2.05) is 43.3 Å². The average Bonchev–Trinajstić information content (AvgIpc) is 2.70. The molecule has 1 aliphatic carbocycles. The van der Waals surface area contributed by atoms with Gasteiger partial charge in [-0.2, -0.15) is 4.31 Å². The van der Waals surface area contributed by atoms with Gasteiger partial charge in [0.1, 0.15) is 0 Å². The van der Waals surface area contributed by atoms with E-state index in [1.165, 1.54) is 4.31 Å². The van der Waals surface area contributed by atoms with Gasteiger partial charge < -0.3 is 5.11 Å². The van der Waals surface area contributed by atoms with E-state index in [9.17, 15) is 13.5 Å². The van der Waals surface area contributed by atoms with Crippen molar-refractivity contribution in [3.05, 3.63) is 77.4 Å². The summed E-state index contributed by atoms with van der Waals surface area (Å²) in [5, 5.41) is 10.3. The maximum absolute atomic E-state index is 13.2. The Kier molecular flexibility index (Phi) is 6.69. The Bertz CT molecular complexity index is 984. The SMILES string of the molecule is Cc1ccc(S(=O)(=O)N(CC#Cc2ccccc2)CC2=CCCCC2O)cc1. The molecular formula is C23H25NO3S. The molecule has 0 saturated heterocycles. The smallest absolute Gasteiger partial charge is 0.244 e. The predicted molar refractivity (Wildman–Crippen MR) is 111 cm³/mol. The molecule has 1 unspecified atom stereocenters. The first-order chi connectivity index (χ1) is 13.5. The van der Waals surface area contributed by atoms with E-state index < -0.39 is 16.1 Å². The van der Waals surface area contributed by atoms with Crippen molar-refractivity contribution in [2.75, 3.05) is 13.1 Å². The molecule has 0 bridgehead atoms. The van der Waals surface area contributed by atoms with Crippen LogP contribution in [-0.2, 0) is 10.0 Å². The van der Waals surface area contributed by atoms with Gasteiger partial charge in [0, 0.05) is 12.1 Å². The summed E-state index contributed by atoms with van der Waals surface area (Å²) in [5.41, 5.74) is 2.59. The lowest BCUT2D eigenvalue weighted by Crippen LogP contribution is -2.36. The van der Waals surface area contributed by atoms with Crippen LogP contribution in [0.4, 0.5) is 0 Å². The molecule has 2 aromatic rings. The molecular weight excluding hydrogens is 370 g/mol. The Hall–Kier alpha value is -2.39. The van der Waals surface area contributed by atoms with Crippen molar-refractivity contribution < 1.29 is 13.5 Å². The summed E-state index contributed by atoms with van der Waals surface area (Å²) >= 11 is 0. The van der Waals surface area contributed by atoms with Crippen molar-refractivity contribution in [3.8, 4) is 11.8 Å². The highest BCUT2D eigenvalue weighted by atomic mass is 32.2. The van der Waals surface area contributed by atoms with Crippen LogP contribution < -0.4 is 0 Å². The second kappa shape index (κ2) is 9.20. The molecule has 146 valence electrons. The maximum atomic E-state index is 13.2. The molecule has 0 fully saturated rings. The van der Waals surface area contributed by atoms with Crippen LogP contribution in [0.2, 0.25) is 0 Å². The number of aryl methyl sites for hydroxylation is 1. The molecule has 4 nitrogen and oxygen atoms in total. The van der Waals surface area contributed by atoms with Gasteiger partial charge in [-0.05, 0) is 56.0 Å².